The minimum Gasteiger partial charge on any atom is -0.261 e. The molecule has 1 N–H and O–H groups in total. The van der Waals surface area contributed by atoms with Crippen LogP contribution in [0.4, 0.5) is 0 Å². The highest BCUT2D eigenvalue weighted by molar-refractivity contribution is 5.12. The van der Waals surface area contributed by atoms with Gasteiger partial charge in [-0.1, -0.05) is 78.3 Å². The second-order valence-electron chi connectivity index (χ2n) is 5.21. The molecule has 0 saturated carbocycles. The highest BCUT2D eigenvalue weighted by Crippen LogP contribution is 2.15. The molecule has 0 spiro atoms. The number of hydrogen-bond acceptors (Lipinski definition) is 1. The quantitative estimate of drug-likeness (QED) is 0.532. The fourth-order valence-corrected chi connectivity index (χ4v) is 1.84. The molecule has 0 aliphatic carbocycles. The third kappa shape index (κ3) is 14.6. The van der Waals surface area contributed by atoms with E-state index in [1.807, 2.05) is 30.7 Å². The standard InChI is InChI=1S/2C9H13N.6CH4/c1-3-8(2)9-4-6-10-7-5-9;1-3-8(2)9-6-4-5-7-10-9;;;;;;/h2*4-8H,3H2,1-2H3;6*1H4/p+1. The Kier molecular flexibility index (Phi) is 35.3. The molecule has 2 aromatic heterocycles. The first kappa shape index (κ1) is 39.4. The van der Waals surface area contributed by atoms with Crippen LogP contribution in [0.3, 0.4) is 0 Å². The van der Waals surface area contributed by atoms with E-state index in [4.69, 9.17) is 0 Å². The van der Waals surface area contributed by atoms with Crippen LogP contribution >= 0.6 is 0 Å². The van der Waals surface area contributed by atoms with Crippen LogP contribution in [0.1, 0.15) is 108 Å². The zero-order chi connectivity index (χ0) is 14.8. The van der Waals surface area contributed by atoms with E-state index in [1.54, 1.807) is 0 Å². The number of H-pyrrole nitrogens is 1. The van der Waals surface area contributed by atoms with E-state index in [1.165, 1.54) is 17.7 Å². The first-order chi connectivity index (χ1) is 9.69. The lowest BCUT2D eigenvalue weighted by molar-refractivity contribution is -0.378. The number of pyridine rings is 2. The molecule has 0 saturated heterocycles. The minimum absolute atomic E-state index is 0. The number of nitrogens with one attached hydrogen (secondary N) is 1. The summed E-state index contributed by atoms with van der Waals surface area (Å²) < 4.78 is 0. The molecule has 0 aliphatic rings. The van der Waals surface area contributed by atoms with E-state index in [-0.39, 0.29) is 44.6 Å². The highest BCUT2D eigenvalue weighted by Gasteiger charge is 2.01. The van der Waals surface area contributed by atoms with Crippen molar-refractivity contribution in [3.05, 3.63) is 60.2 Å². The Morgan fingerprint density at radius 2 is 1.27 bits per heavy atom. The van der Waals surface area contributed by atoms with Gasteiger partial charge in [0.05, 0.1) is 0 Å². The molecule has 2 aromatic rings. The predicted molar refractivity (Wildman–Crippen MR) is 125 cm³/mol. The fourth-order valence-electron chi connectivity index (χ4n) is 1.84. The molecule has 0 aromatic carbocycles. The van der Waals surface area contributed by atoms with Gasteiger partial charge < -0.3 is 0 Å². The molecule has 2 heterocycles. The smallest absolute Gasteiger partial charge is 0.167 e. The molecule has 0 amide bonds. The van der Waals surface area contributed by atoms with Gasteiger partial charge in [-0.25, -0.2) is 4.98 Å². The maximum atomic E-state index is 4.25. The second kappa shape index (κ2) is 23.3. The topological polar surface area (TPSA) is 27.0 Å². The van der Waals surface area contributed by atoms with Gasteiger partial charge >= 0.3 is 0 Å². The van der Waals surface area contributed by atoms with Gasteiger partial charge in [-0.3, -0.25) is 4.98 Å². The molecular formula is C24H51N2+. The van der Waals surface area contributed by atoms with Gasteiger partial charge in [-0.2, -0.15) is 0 Å². The lowest BCUT2D eigenvalue weighted by atomic mass is 10.0. The maximum absolute atomic E-state index is 4.25. The Hall–Kier alpha value is -1.70. The van der Waals surface area contributed by atoms with Crippen LogP contribution in [0, 0.1) is 0 Å². The van der Waals surface area contributed by atoms with Crippen LogP contribution in [-0.2, 0) is 0 Å². The van der Waals surface area contributed by atoms with Gasteiger partial charge in [-0.15, -0.1) is 0 Å². The van der Waals surface area contributed by atoms with Gasteiger partial charge in [0.1, 0.15) is 0 Å². The molecule has 0 bridgehead atoms. The van der Waals surface area contributed by atoms with E-state index in [2.05, 4.69) is 55.9 Å². The van der Waals surface area contributed by atoms with E-state index in [0.29, 0.717) is 11.8 Å². The molecule has 0 radical (unpaired) electrons. The molecular weight excluding hydrogens is 316 g/mol. The average molecular weight is 368 g/mol. The Bertz CT molecular complexity index is 409. The number of aromatic amines is 1. The molecule has 0 aliphatic heterocycles. The van der Waals surface area contributed by atoms with Crippen molar-refractivity contribution in [2.75, 3.05) is 0 Å². The summed E-state index contributed by atoms with van der Waals surface area (Å²) in [5.41, 5.74) is 2.62. The Morgan fingerprint density at radius 1 is 0.769 bits per heavy atom. The molecule has 2 atom stereocenters. The number of hydrogen-bond donors (Lipinski definition) is 0. The van der Waals surface area contributed by atoms with E-state index >= 15 is 0 Å². The molecule has 0 fully saturated rings. The fraction of sp³-hybridized carbons (Fsp3) is 0.583. The van der Waals surface area contributed by atoms with Crippen molar-refractivity contribution in [2.45, 2.75) is 96.9 Å². The van der Waals surface area contributed by atoms with Crippen LogP contribution in [0.25, 0.3) is 0 Å². The van der Waals surface area contributed by atoms with Crippen LogP contribution in [0.15, 0.2) is 48.9 Å². The van der Waals surface area contributed by atoms with Crippen molar-refractivity contribution in [3.8, 4) is 0 Å². The summed E-state index contributed by atoms with van der Waals surface area (Å²) in [6.07, 6.45) is 8.17. The van der Waals surface area contributed by atoms with Crippen molar-refractivity contribution in [2.24, 2.45) is 0 Å². The van der Waals surface area contributed by atoms with Crippen LogP contribution in [-0.4, -0.2) is 4.98 Å². The van der Waals surface area contributed by atoms with E-state index in [0.717, 1.165) is 6.42 Å². The zero-order valence-electron chi connectivity index (χ0n) is 13.1. The Balaban J connectivity index is -0.0000000625. The number of nitrogens with zero attached hydrogens (tertiary/aromatic N) is 1. The van der Waals surface area contributed by atoms with Crippen molar-refractivity contribution in [1.29, 1.82) is 0 Å². The summed E-state index contributed by atoms with van der Waals surface area (Å²) in [7, 11) is 0. The SMILES string of the molecule is C.C.C.C.C.C.CCC(C)c1cc[nH+]cc1.CCC(C)c1ccccn1. The Morgan fingerprint density at radius 3 is 1.65 bits per heavy atom. The van der Waals surface area contributed by atoms with Crippen molar-refractivity contribution >= 4 is 0 Å². The Labute approximate surface area is 167 Å². The summed E-state index contributed by atoms with van der Waals surface area (Å²) in [5.74, 6) is 1.29. The van der Waals surface area contributed by atoms with E-state index in [9.17, 15) is 0 Å². The first-order valence-corrected chi connectivity index (χ1v) is 7.55. The monoisotopic (exact) mass is 367 g/mol. The molecule has 2 heteroatoms. The van der Waals surface area contributed by atoms with Gasteiger partial charge in [0.25, 0.3) is 0 Å². The molecule has 2 rings (SSSR count). The number of aromatic nitrogens is 2. The van der Waals surface area contributed by atoms with Crippen LogP contribution < -0.4 is 4.98 Å². The third-order valence-electron chi connectivity index (χ3n) is 3.73. The largest absolute Gasteiger partial charge is 0.261 e. The minimum atomic E-state index is 0. The highest BCUT2D eigenvalue weighted by atomic mass is 14.7. The predicted octanol–water partition coefficient (Wildman–Crippen LogP) is 8.43. The first-order valence-electron chi connectivity index (χ1n) is 7.55. The summed E-state index contributed by atoms with van der Waals surface area (Å²) in [4.78, 5) is 7.26. The van der Waals surface area contributed by atoms with Crippen molar-refractivity contribution in [3.63, 3.8) is 0 Å². The van der Waals surface area contributed by atoms with E-state index < -0.39 is 0 Å². The van der Waals surface area contributed by atoms with Gasteiger partial charge in [0, 0.05) is 24.0 Å². The summed E-state index contributed by atoms with van der Waals surface area (Å²) >= 11 is 0. The average Bonchev–Trinajstić information content (AvgIpc) is 2.55. The number of rotatable bonds is 4. The molecule has 2 unspecified atom stereocenters. The lowest BCUT2D eigenvalue weighted by Gasteiger charge is -2.05. The van der Waals surface area contributed by atoms with Crippen LogP contribution in [0.2, 0.25) is 0 Å². The van der Waals surface area contributed by atoms with Crippen LogP contribution in [0.5, 0.6) is 0 Å². The van der Waals surface area contributed by atoms with Crippen molar-refractivity contribution < 1.29 is 4.98 Å². The van der Waals surface area contributed by atoms with Gasteiger partial charge in [-0.05, 0) is 42.4 Å². The molecule has 156 valence electrons. The molecule has 26 heavy (non-hydrogen) atoms. The third-order valence-corrected chi connectivity index (χ3v) is 3.73. The van der Waals surface area contributed by atoms with Crippen molar-refractivity contribution in [1.82, 2.24) is 4.98 Å². The summed E-state index contributed by atoms with van der Waals surface area (Å²) in [5, 5.41) is 0. The zero-order valence-corrected chi connectivity index (χ0v) is 13.1. The molecule has 2 nitrogen and oxygen atoms in total. The van der Waals surface area contributed by atoms with Gasteiger partial charge in [0.2, 0.25) is 0 Å². The summed E-state index contributed by atoms with van der Waals surface area (Å²) in [6.45, 7) is 8.83. The van der Waals surface area contributed by atoms with Gasteiger partial charge in [0.15, 0.2) is 12.4 Å². The normalized spacial score (nSPS) is 10.0. The lowest BCUT2D eigenvalue weighted by Crippen LogP contribution is -2.00. The second-order valence-corrected chi connectivity index (χ2v) is 5.21. The maximum Gasteiger partial charge on any atom is 0.167 e. The summed E-state index contributed by atoms with van der Waals surface area (Å²) in [6, 6.07) is 10.3.